The molecule has 1 aromatic heterocycles. The Balaban J connectivity index is 1.57. The van der Waals surface area contributed by atoms with Crippen LogP contribution in [0.1, 0.15) is 18.4 Å². The van der Waals surface area contributed by atoms with E-state index < -0.39 is 12.1 Å². The highest BCUT2D eigenvalue weighted by molar-refractivity contribution is 5.86. The predicted octanol–water partition coefficient (Wildman–Crippen LogP) is 0.925. The van der Waals surface area contributed by atoms with Gasteiger partial charge in [0, 0.05) is 23.6 Å². The van der Waals surface area contributed by atoms with Gasteiger partial charge in [-0.2, -0.15) is 0 Å². The summed E-state index contributed by atoms with van der Waals surface area (Å²) in [5.74, 6) is 0.148. The van der Waals surface area contributed by atoms with Gasteiger partial charge >= 0.3 is 0 Å². The second-order valence-electron chi connectivity index (χ2n) is 5.82. The summed E-state index contributed by atoms with van der Waals surface area (Å²) >= 11 is 0. The van der Waals surface area contributed by atoms with Crippen LogP contribution in [-0.4, -0.2) is 34.7 Å². The Hall–Kier alpha value is -1.85. The van der Waals surface area contributed by atoms with Gasteiger partial charge in [0.2, 0.25) is 5.91 Å². The number of fused-ring (bicyclic) bond motifs is 1. The van der Waals surface area contributed by atoms with Crippen molar-refractivity contribution < 1.29 is 9.90 Å². The third-order valence-electron chi connectivity index (χ3n) is 4.10. The van der Waals surface area contributed by atoms with E-state index in [1.165, 1.54) is 0 Å². The van der Waals surface area contributed by atoms with E-state index in [1.807, 2.05) is 30.5 Å². The van der Waals surface area contributed by atoms with Gasteiger partial charge in [-0.15, -0.1) is 0 Å². The predicted molar refractivity (Wildman–Crippen MR) is 81.7 cm³/mol. The monoisotopic (exact) mass is 287 g/mol. The summed E-state index contributed by atoms with van der Waals surface area (Å²) in [7, 11) is 0. The summed E-state index contributed by atoms with van der Waals surface area (Å²) < 4.78 is 0. The van der Waals surface area contributed by atoms with Crippen molar-refractivity contribution in [3.05, 3.63) is 36.0 Å². The van der Waals surface area contributed by atoms with Gasteiger partial charge in [-0.25, -0.2) is 0 Å². The highest BCUT2D eigenvalue weighted by Crippen LogP contribution is 2.32. The molecule has 0 saturated heterocycles. The van der Waals surface area contributed by atoms with Crippen molar-refractivity contribution >= 4 is 16.8 Å². The molecule has 3 rings (SSSR count). The lowest BCUT2D eigenvalue weighted by molar-refractivity contribution is -0.122. The minimum absolute atomic E-state index is 0.208. The molecule has 1 unspecified atom stereocenters. The Morgan fingerprint density at radius 2 is 2.19 bits per heavy atom. The SMILES string of the molecule is N[C@@H](Cc1c[nH]c2ccccc12)C(=O)NCC(O)C1CC1. The molecule has 1 amide bonds. The first-order valence-corrected chi connectivity index (χ1v) is 7.41. The molecule has 1 saturated carbocycles. The number of benzene rings is 1. The van der Waals surface area contributed by atoms with Crippen LogP contribution in [0.2, 0.25) is 0 Å². The van der Waals surface area contributed by atoms with E-state index in [-0.39, 0.29) is 5.91 Å². The topological polar surface area (TPSA) is 91.1 Å². The molecule has 1 fully saturated rings. The van der Waals surface area contributed by atoms with Crippen LogP contribution in [0.4, 0.5) is 0 Å². The molecule has 5 N–H and O–H groups in total. The second kappa shape index (κ2) is 5.87. The number of aliphatic hydroxyl groups excluding tert-OH is 1. The third-order valence-corrected chi connectivity index (χ3v) is 4.10. The molecule has 0 spiro atoms. The molecule has 21 heavy (non-hydrogen) atoms. The summed E-state index contributed by atoms with van der Waals surface area (Å²) in [6.45, 7) is 0.297. The average molecular weight is 287 g/mol. The van der Waals surface area contributed by atoms with E-state index in [2.05, 4.69) is 10.3 Å². The van der Waals surface area contributed by atoms with Gasteiger partial charge in [-0.05, 0) is 36.8 Å². The second-order valence-corrected chi connectivity index (χ2v) is 5.82. The molecule has 0 bridgehead atoms. The van der Waals surface area contributed by atoms with Crippen molar-refractivity contribution in [2.45, 2.75) is 31.4 Å². The van der Waals surface area contributed by atoms with Crippen LogP contribution in [0.5, 0.6) is 0 Å². The van der Waals surface area contributed by atoms with E-state index in [1.54, 1.807) is 0 Å². The van der Waals surface area contributed by atoms with Gasteiger partial charge in [0.05, 0.1) is 12.1 Å². The summed E-state index contributed by atoms with van der Waals surface area (Å²) in [6.07, 6.45) is 4.05. The van der Waals surface area contributed by atoms with Crippen LogP contribution in [0.25, 0.3) is 10.9 Å². The van der Waals surface area contributed by atoms with Crippen molar-refractivity contribution in [2.24, 2.45) is 11.7 Å². The van der Waals surface area contributed by atoms with Crippen LogP contribution in [0.3, 0.4) is 0 Å². The maximum Gasteiger partial charge on any atom is 0.237 e. The van der Waals surface area contributed by atoms with E-state index in [0.717, 1.165) is 29.3 Å². The Morgan fingerprint density at radius 1 is 1.43 bits per heavy atom. The van der Waals surface area contributed by atoms with Gasteiger partial charge in [0.25, 0.3) is 0 Å². The number of para-hydroxylation sites is 1. The first kappa shape index (κ1) is 14.1. The van der Waals surface area contributed by atoms with Crippen molar-refractivity contribution in [1.29, 1.82) is 0 Å². The number of H-pyrrole nitrogens is 1. The summed E-state index contributed by atoms with van der Waals surface area (Å²) in [6, 6.07) is 7.35. The number of aliphatic hydroxyl groups is 1. The molecular formula is C16H21N3O2. The minimum Gasteiger partial charge on any atom is -0.391 e. The van der Waals surface area contributed by atoms with Gasteiger partial charge < -0.3 is 21.1 Å². The van der Waals surface area contributed by atoms with Crippen LogP contribution in [0.15, 0.2) is 30.5 Å². The molecule has 1 aliphatic carbocycles. The van der Waals surface area contributed by atoms with Crippen molar-refractivity contribution in [3.63, 3.8) is 0 Å². The van der Waals surface area contributed by atoms with E-state index >= 15 is 0 Å². The van der Waals surface area contributed by atoms with Gasteiger partial charge in [-0.3, -0.25) is 4.79 Å². The molecule has 5 nitrogen and oxygen atoms in total. The molecule has 1 aliphatic rings. The Kier molecular flexibility index (Phi) is 3.94. The number of amides is 1. The largest absolute Gasteiger partial charge is 0.391 e. The number of rotatable bonds is 6. The van der Waals surface area contributed by atoms with Gasteiger partial charge in [-0.1, -0.05) is 18.2 Å². The van der Waals surface area contributed by atoms with Crippen molar-refractivity contribution in [3.8, 4) is 0 Å². The third kappa shape index (κ3) is 3.25. The number of hydrogen-bond acceptors (Lipinski definition) is 3. The average Bonchev–Trinajstić information content (AvgIpc) is 3.27. The molecule has 1 aromatic carbocycles. The number of nitrogens with two attached hydrogens (primary N) is 1. The Labute approximate surface area is 123 Å². The fraction of sp³-hybridized carbons (Fsp3) is 0.438. The number of carbonyl (C=O) groups excluding carboxylic acids is 1. The number of nitrogens with one attached hydrogen (secondary N) is 2. The number of hydrogen-bond donors (Lipinski definition) is 4. The lowest BCUT2D eigenvalue weighted by atomic mass is 10.0. The molecule has 112 valence electrons. The van der Waals surface area contributed by atoms with Crippen LogP contribution < -0.4 is 11.1 Å². The number of aromatic amines is 1. The maximum atomic E-state index is 12.0. The Bertz CT molecular complexity index is 633. The quantitative estimate of drug-likeness (QED) is 0.637. The smallest absolute Gasteiger partial charge is 0.237 e. The molecule has 2 aromatic rings. The fourth-order valence-corrected chi connectivity index (χ4v) is 2.61. The molecule has 0 radical (unpaired) electrons. The van der Waals surface area contributed by atoms with Gasteiger partial charge in [0.1, 0.15) is 0 Å². The zero-order valence-corrected chi connectivity index (χ0v) is 11.9. The molecule has 2 atom stereocenters. The normalized spacial score (nSPS) is 17.6. The van der Waals surface area contributed by atoms with Crippen LogP contribution >= 0.6 is 0 Å². The fourth-order valence-electron chi connectivity index (χ4n) is 2.61. The zero-order valence-electron chi connectivity index (χ0n) is 11.9. The number of aromatic nitrogens is 1. The highest BCUT2D eigenvalue weighted by atomic mass is 16.3. The van der Waals surface area contributed by atoms with Gasteiger partial charge in [0.15, 0.2) is 0 Å². The molecule has 1 heterocycles. The Morgan fingerprint density at radius 3 is 2.95 bits per heavy atom. The van der Waals surface area contributed by atoms with Crippen molar-refractivity contribution in [2.75, 3.05) is 6.54 Å². The number of carbonyl (C=O) groups is 1. The van der Waals surface area contributed by atoms with Crippen molar-refractivity contribution in [1.82, 2.24) is 10.3 Å². The lowest BCUT2D eigenvalue weighted by Crippen LogP contribution is -2.44. The molecule has 5 heteroatoms. The molecular weight excluding hydrogens is 266 g/mol. The summed E-state index contributed by atoms with van der Waals surface area (Å²) in [5, 5.41) is 13.6. The summed E-state index contributed by atoms with van der Waals surface area (Å²) in [5.41, 5.74) is 8.05. The first-order valence-electron chi connectivity index (χ1n) is 7.41. The molecule has 0 aliphatic heterocycles. The van der Waals surface area contributed by atoms with E-state index in [9.17, 15) is 9.90 Å². The van der Waals surface area contributed by atoms with Crippen LogP contribution in [0, 0.1) is 5.92 Å². The standard InChI is InChI=1S/C16H21N3O2/c17-13(16(21)19-9-15(20)10-5-6-10)7-11-8-18-14-4-2-1-3-12(11)14/h1-4,8,10,13,15,18,20H,5-7,9,17H2,(H,19,21)/t13-,15?/m0/s1. The first-order chi connectivity index (χ1) is 10.1. The zero-order chi connectivity index (χ0) is 14.8. The van der Waals surface area contributed by atoms with E-state index in [0.29, 0.717) is 18.9 Å². The highest BCUT2D eigenvalue weighted by Gasteiger charge is 2.30. The van der Waals surface area contributed by atoms with Crippen LogP contribution in [-0.2, 0) is 11.2 Å². The van der Waals surface area contributed by atoms with E-state index in [4.69, 9.17) is 5.73 Å². The minimum atomic E-state index is -0.601. The maximum absolute atomic E-state index is 12.0. The summed E-state index contributed by atoms with van der Waals surface area (Å²) in [4.78, 5) is 15.2. The lowest BCUT2D eigenvalue weighted by Gasteiger charge is -2.14.